The van der Waals surface area contributed by atoms with E-state index in [-0.39, 0.29) is 5.91 Å². The van der Waals surface area contributed by atoms with E-state index < -0.39 is 0 Å². The summed E-state index contributed by atoms with van der Waals surface area (Å²) in [6, 6.07) is 24.5. The summed E-state index contributed by atoms with van der Waals surface area (Å²) in [6.45, 7) is 4.96. The van der Waals surface area contributed by atoms with Crippen LogP contribution < -0.4 is 0 Å². The van der Waals surface area contributed by atoms with Gasteiger partial charge in [0.2, 0.25) is 5.91 Å². The molecule has 6 nitrogen and oxygen atoms in total. The normalized spacial score (nSPS) is 19.2. The van der Waals surface area contributed by atoms with Crippen LogP contribution in [-0.4, -0.2) is 76.8 Å². The van der Waals surface area contributed by atoms with Gasteiger partial charge < -0.3 is 9.80 Å². The molecule has 6 heteroatoms. The Morgan fingerprint density at radius 1 is 0.675 bits per heavy atom. The van der Waals surface area contributed by atoms with E-state index in [4.69, 9.17) is 4.98 Å². The Morgan fingerprint density at radius 3 is 1.77 bits per heavy atom. The third-order valence-electron chi connectivity index (χ3n) is 9.08. The number of carbonyl (C=O) groups is 2. The van der Waals surface area contributed by atoms with E-state index in [9.17, 15) is 9.59 Å². The number of nitrogens with zero attached hydrogens (tertiary/aromatic N) is 4. The van der Waals surface area contributed by atoms with Crippen LogP contribution in [0.5, 0.6) is 0 Å². The van der Waals surface area contributed by atoms with Crippen LogP contribution >= 0.6 is 0 Å². The van der Waals surface area contributed by atoms with Gasteiger partial charge in [0.15, 0.2) is 0 Å². The maximum atomic E-state index is 13.7. The summed E-state index contributed by atoms with van der Waals surface area (Å²) in [6.07, 6.45) is 7.86. The topological polar surface area (TPSA) is 56.8 Å². The van der Waals surface area contributed by atoms with E-state index in [1.165, 1.54) is 25.7 Å². The highest BCUT2D eigenvalue weighted by molar-refractivity contribution is 5.96. The van der Waals surface area contributed by atoms with Crippen molar-refractivity contribution in [3.63, 3.8) is 0 Å². The van der Waals surface area contributed by atoms with Crippen molar-refractivity contribution in [2.24, 2.45) is 5.92 Å². The average molecular weight is 537 g/mol. The van der Waals surface area contributed by atoms with Crippen molar-refractivity contribution in [2.45, 2.75) is 51.0 Å². The lowest BCUT2D eigenvalue weighted by molar-refractivity contribution is -0.133. The molecule has 0 radical (unpaired) electrons. The Hall–Kier alpha value is -3.51. The first-order valence-corrected chi connectivity index (χ1v) is 15.1. The van der Waals surface area contributed by atoms with Crippen LogP contribution in [0.15, 0.2) is 72.8 Å². The molecule has 2 amide bonds. The van der Waals surface area contributed by atoms with Gasteiger partial charge in [-0.3, -0.25) is 14.5 Å². The fourth-order valence-corrected chi connectivity index (χ4v) is 6.71. The van der Waals surface area contributed by atoms with Crippen molar-refractivity contribution in [1.29, 1.82) is 0 Å². The third kappa shape index (κ3) is 6.12. The molecule has 0 unspecified atom stereocenters. The first kappa shape index (κ1) is 26.7. The fraction of sp³-hybridized carbons (Fsp3) is 0.441. The van der Waals surface area contributed by atoms with E-state index in [0.717, 1.165) is 81.0 Å². The summed E-state index contributed by atoms with van der Waals surface area (Å²) in [7, 11) is 0. The number of benzene rings is 2. The molecule has 6 rings (SSSR count). The van der Waals surface area contributed by atoms with Gasteiger partial charge in [0.05, 0.1) is 11.4 Å². The molecule has 2 aromatic carbocycles. The van der Waals surface area contributed by atoms with Gasteiger partial charge >= 0.3 is 0 Å². The molecule has 3 heterocycles. The molecule has 0 bridgehead atoms. The minimum atomic E-state index is 0.0729. The highest BCUT2D eigenvalue weighted by atomic mass is 16.2. The van der Waals surface area contributed by atoms with Crippen LogP contribution in [0.4, 0.5) is 0 Å². The third-order valence-corrected chi connectivity index (χ3v) is 9.08. The summed E-state index contributed by atoms with van der Waals surface area (Å²) in [5.41, 5.74) is 4.34. The highest BCUT2D eigenvalue weighted by Crippen LogP contribution is 2.29. The van der Waals surface area contributed by atoms with E-state index in [1.54, 1.807) is 0 Å². The molecule has 40 heavy (non-hydrogen) atoms. The maximum Gasteiger partial charge on any atom is 0.254 e. The minimum absolute atomic E-state index is 0.0729. The number of hydrogen-bond acceptors (Lipinski definition) is 4. The van der Waals surface area contributed by atoms with Crippen LogP contribution in [0.2, 0.25) is 0 Å². The van der Waals surface area contributed by atoms with Crippen LogP contribution in [0.25, 0.3) is 22.5 Å². The number of rotatable bonds is 6. The van der Waals surface area contributed by atoms with Crippen molar-refractivity contribution in [2.75, 3.05) is 39.3 Å². The van der Waals surface area contributed by atoms with Crippen molar-refractivity contribution >= 4 is 11.8 Å². The molecule has 3 aliphatic rings. The summed E-state index contributed by atoms with van der Waals surface area (Å²) >= 11 is 0. The van der Waals surface area contributed by atoms with Crippen molar-refractivity contribution < 1.29 is 9.59 Å². The molecule has 2 saturated heterocycles. The number of pyridine rings is 1. The molecule has 208 valence electrons. The van der Waals surface area contributed by atoms with Gasteiger partial charge in [-0.2, -0.15) is 0 Å². The van der Waals surface area contributed by atoms with Crippen LogP contribution in [0.3, 0.4) is 0 Å². The first-order valence-electron chi connectivity index (χ1n) is 15.1. The van der Waals surface area contributed by atoms with Gasteiger partial charge in [-0.05, 0) is 43.7 Å². The lowest BCUT2D eigenvalue weighted by Crippen LogP contribution is -2.54. The fourth-order valence-electron chi connectivity index (χ4n) is 6.71. The maximum absolute atomic E-state index is 13.7. The average Bonchev–Trinajstić information content (AvgIpc) is 3.54. The van der Waals surface area contributed by atoms with E-state index >= 15 is 0 Å². The number of piperazine rings is 1. The number of aromatic nitrogens is 1. The Kier molecular flexibility index (Phi) is 8.24. The summed E-state index contributed by atoms with van der Waals surface area (Å²) in [4.78, 5) is 38.1. The molecular weight excluding hydrogens is 496 g/mol. The lowest BCUT2D eigenvalue weighted by atomic mass is 9.99. The zero-order valence-corrected chi connectivity index (χ0v) is 23.4. The Balaban J connectivity index is 1.08. The molecule has 0 N–H and O–H groups in total. The standard InChI is InChI=1S/C34H40N4O2/c39-33(23-26-9-7-8-10-26)37-17-15-30(16-18-37)36-19-21-38(22-20-36)34(40)29-24-31(27-11-3-1-4-12-27)35-32(25-29)28-13-5-2-6-14-28/h1-6,11-14,24-26,30H,7-10,15-23H2. The predicted molar refractivity (Wildman–Crippen MR) is 159 cm³/mol. The van der Waals surface area contributed by atoms with E-state index in [2.05, 4.69) is 9.80 Å². The summed E-state index contributed by atoms with van der Waals surface area (Å²) < 4.78 is 0. The molecule has 1 aliphatic carbocycles. The quantitative estimate of drug-likeness (QED) is 0.403. The van der Waals surface area contributed by atoms with Crippen LogP contribution in [-0.2, 0) is 4.79 Å². The second kappa shape index (κ2) is 12.3. The second-order valence-electron chi connectivity index (χ2n) is 11.7. The molecule has 0 atom stereocenters. The Morgan fingerprint density at radius 2 is 1.23 bits per heavy atom. The number of likely N-dealkylation sites (tertiary alicyclic amines) is 1. The van der Waals surface area contributed by atoms with Crippen molar-refractivity contribution in [3.8, 4) is 22.5 Å². The van der Waals surface area contributed by atoms with Crippen molar-refractivity contribution in [3.05, 3.63) is 78.4 Å². The smallest absolute Gasteiger partial charge is 0.254 e. The molecule has 3 fully saturated rings. The van der Waals surface area contributed by atoms with Gasteiger partial charge in [-0.25, -0.2) is 4.98 Å². The molecule has 1 aromatic heterocycles. The van der Waals surface area contributed by atoms with Gasteiger partial charge in [-0.15, -0.1) is 0 Å². The molecule has 2 aliphatic heterocycles. The second-order valence-corrected chi connectivity index (χ2v) is 11.7. The molecule has 0 spiro atoms. The molecule has 1 saturated carbocycles. The van der Waals surface area contributed by atoms with Crippen molar-refractivity contribution in [1.82, 2.24) is 19.7 Å². The number of piperidine rings is 1. The van der Waals surface area contributed by atoms with Gasteiger partial charge in [-0.1, -0.05) is 73.5 Å². The number of hydrogen-bond donors (Lipinski definition) is 0. The number of amides is 2. The van der Waals surface area contributed by atoms with Gasteiger partial charge in [0.1, 0.15) is 0 Å². The SMILES string of the molecule is O=C(CC1CCCC1)N1CCC(N2CCN(C(=O)c3cc(-c4ccccc4)nc(-c4ccccc4)c3)CC2)CC1. The zero-order chi connectivity index (χ0) is 27.3. The predicted octanol–water partition coefficient (Wildman–Crippen LogP) is 5.74. The first-order chi connectivity index (χ1) is 19.6. The largest absolute Gasteiger partial charge is 0.343 e. The monoisotopic (exact) mass is 536 g/mol. The summed E-state index contributed by atoms with van der Waals surface area (Å²) in [5.74, 6) is 1.05. The molecule has 3 aromatic rings. The zero-order valence-electron chi connectivity index (χ0n) is 23.4. The summed E-state index contributed by atoms with van der Waals surface area (Å²) in [5, 5.41) is 0. The Labute approximate surface area is 238 Å². The lowest BCUT2D eigenvalue weighted by Gasteiger charge is -2.43. The van der Waals surface area contributed by atoms with E-state index in [0.29, 0.717) is 23.4 Å². The van der Waals surface area contributed by atoms with E-state index in [1.807, 2.05) is 77.7 Å². The van der Waals surface area contributed by atoms with Gasteiger partial charge in [0.25, 0.3) is 5.91 Å². The van der Waals surface area contributed by atoms with Crippen LogP contribution in [0.1, 0.15) is 55.3 Å². The minimum Gasteiger partial charge on any atom is -0.343 e. The van der Waals surface area contributed by atoms with Crippen LogP contribution in [0, 0.1) is 5.92 Å². The molecular formula is C34H40N4O2. The highest BCUT2D eigenvalue weighted by Gasteiger charge is 2.31. The Bertz CT molecular complexity index is 1230. The number of carbonyl (C=O) groups excluding carboxylic acids is 2. The van der Waals surface area contributed by atoms with Gasteiger partial charge in [0, 0.05) is 68.4 Å².